The summed E-state index contributed by atoms with van der Waals surface area (Å²) in [5, 5.41) is 9.80. The van der Waals surface area contributed by atoms with Crippen molar-refractivity contribution < 1.29 is 42.1 Å². The number of phenols is 1. The van der Waals surface area contributed by atoms with Crippen molar-refractivity contribution in [2.24, 2.45) is 11.8 Å². The monoisotopic (exact) mass is 400 g/mol. The van der Waals surface area contributed by atoms with Crippen LogP contribution in [0.15, 0.2) is 36.9 Å². The summed E-state index contributed by atoms with van der Waals surface area (Å²) < 4.78 is 45.0. The van der Waals surface area contributed by atoms with E-state index in [4.69, 9.17) is 4.74 Å². The number of allylic oxidation sites excluding steroid dienone is 2. The molecule has 0 fully saturated rings. The Balaban J connectivity index is 3.04. The summed E-state index contributed by atoms with van der Waals surface area (Å²) in [6.07, 6.45) is -1.95. The molecular weight excluding hydrogens is 381 g/mol. The molecule has 0 aliphatic rings. The minimum atomic E-state index is -4.92. The standard InChI is InChI=1S/C19H19F3O6/c1-4-14(23)17(11(3)18(26)27-5-2)15(24)9-7-12-6-8-13(10-16(12)25)28-19(20,21)22/h4,6-11,17,25H,1,5H2,2-3H3/b9-7+. The summed E-state index contributed by atoms with van der Waals surface area (Å²) >= 11 is 0. The Labute approximate surface area is 159 Å². The molecule has 0 spiro atoms. The minimum absolute atomic E-state index is 0.0106. The lowest BCUT2D eigenvalue weighted by Crippen LogP contribution is -2.33. The SMILES string of the molecule is C=CC(=O)C(C(=O)/C=C/c1ccc(OC(F)(F)F)cc1O)C(C)C(=O)OCC. The zero-order valence-electron chi connectivity index (χ0n) is 15.2. The first kappa shape index (κ1) is 22.9. The van der Waals surface area contributed by atoms with Crippen LogP contribution in [0.1, 0.15) is 19.4 Å². The second-order valence-electron chi connectivity index (χ2n) is 5.63. The zero-order valence-corrected chi connectivity index (χ0v) is 15.2. The summed E-state index contributed by atoms with van der Waals surface area (Å²) in [6.45, 7) is 6.30. The molecule has 0 saturated heterocycles. The minimum Gasteiger partial charge on any atom is -0.507 e. The number of alkyl halides is 3. The average molecular weight is 400 g/mol. The van der Waals surface area contributed by atoms with Crippen molar-refractivity contribution in [3.05, 3.63) is 42.5 Å². The molecule has 2 atom stereocenters. The molecule has 1 rings (SSSR count). The molecule has 0 aliphatic carbocycles. The molecule has 0 amide bonds. The quantitative estimate of drug-likeness (QED) is 0.388. The van der Waals surface area contributed by atoms with Crippen LogP contribution in [0.25, 0.3) is 6.08 Å². The van der Waals surface area contributed by atoms with Gasteiger partial charge in [0.2, 0.25) is 0 Å². The van der Waals surface area contributed by atoms with Crippen LogP contribution in [0.5, 0.6) is 11.5 Å². The highest BCUT2D eigenvalue weighted by Gasteiger charge is 2.34. The van der Waals surface area contributed by atoms with Gasteiger partial charge in [0.25, 0.3) is 0 Å². The maximum atomic E-state index is 12.4. The highest BCUT2D eigenvalue weighted by Crippen LogP contribution is 2.29. The van der Waals surface area contributed by atoms with E-state index >= 15 is 0 Å². The van der Waals surface area contributed by atoms with E-state index in [2.05, 4.69) is 11.3 Å². The highest BCUT2D eigenvalue weighted by atomic mass is 19.4. The Morgan fingerprint density at radius 3 is 2.39 bits per heavy atom. The molecule has 1 N–H and O–H groups in total. The summed E-state index contributed by atoms with van der Waals surface area (Å²) in [6, 6.07) is 2.77. The Morgan fingerprint density at radius 1 is 1.25 bits per heavy atom. The number of benzene rings is 1. The first-order valence-corrected chi connectivity index (χ1v) is 8.13. The summed E-state index contributed by atoms with van der Waals surface area (Å²) in [5.41, 5.74) is 0.0106. The number of esters is 1. The number of carbonyl (C=O) groups excluding carboxylic acids is 3. The first-order valence-electron chi connectivity index (χ1n) is 8.13. The van der Waals surface area contributed by atoms with Gasteiger partial charge in [-0.05, 0) is 37.3 Å². The number of phenolic OH excluding ortho intramolecular Hbond substituents is 1. The van der Waals surface area contributed by atoms with Gasteiger partial charge in [-0.3, -0.25) is 14.4 Å². The van der Waals surface area contributed by atoms with Crippen molar-refractivity contribution in [3.8, 4) is 11.5 Å². The number of rotatable bonds is 9. The fourth-order valence-electron chi connectivity index (χ4n) is 2.31. The van der Waals surface area contributed by atoms with E-state index in [1.165, 1.54) is 6.92 Å². The third-order valence-electron chi connectivity index (χ3n) is 3.64. The van der Waals surface area contributed by atoms with Gasteiger partial charge in [-0.25, -0.2) is 0 Å². The van der Waals surface area contributed by atoms with Gasteiger partial charge in [0.05, 0.1) is 18.4 Å². The third kappa shape index (κ3) is 6.57. The number of hydrogen-bond acceptors (Lipinski definition) is 6. The number of halogens is 3. The summed E-state index contributed by atoms with van der Waals surface area (Å²) in [7, 11) is 0. The fraction of sp³-hybridized carbons (Fsp3) is 0.316. The highest BCUT2D eigenvalue weighted by molar-refractivity contribution is 6.14. The molecule has 2 unspecified atom stereocenters. The van der Waals surface area contributed by atoms with Crippen molar-refractivity contribution in [1.82, 2.24) is 0 Å². The molecule has 1 aromatic rings. The molecule has 0 aliphatic heterocycles. The molecule has 152 valence electrons. The molecule has 28 heavy (non-hydrogen) atoms. The molecule has 6 nitrogen and oxygen atoms in total. The topological polar surface area (TPSA) is 89.9 Å². The molecule has 0 radical (unpaired) electrons. The number of aromatic hydroxyl groups is 1. The van der Waals surface area contributed by atoms with Crippen LogP contribution in [0.4, 0.5) is 13.2 Å². The molecule has 9 heteroatoms. The number of ketones is 2. The van der Waals surface area contributed by atoms with Crippen LogP contribution in [-0.2, 0) is 19.1 Å². The van der Waals surface area contributed by atoms with Gasteiger partial charge in [-0.2, -0.15) is 0 Å². The largest absolute Gasteiger partial charge is 0.573 e. The van der Waals surface area contributed by atoms with Crippen LogP contribution in [0.2, 0.25) is 0 Å². The normalized spacial score (nSPS) is 13.6. The predicted molar refractivity (Wildman–Crippen MR) is 93.3 cm³/mol. The molecule has 0 aromatic heterocycles. The van der Waals surface area contributed by atoms with Crippen molar-refractivity contribution in [2.75, 3.05) is 6.61 Å². The second kappa shape index (κ2) is 9.72. The van der Waals surface area contributed by atoms with E-state index in [0.29, 0.717) is 0 Å². The lowest BCUT2D eigenvalue weighted by Gasteiger charge is -2.17. The lowest BCUT2D eigenvalue weighted by atomic mass is 9.85. The van der Waals surface area contributed by atoms with Crippen molar-refractivity contribution >= 4 is 23.6 Å². The summed E-state index contributed by atoms with van der Waals surface area (Å²) in [5.74, 6) is -5.82. The van der Waals surface area contributed by atoms with Crippen LogP contribution in [0, 0.1) is 11.8 Å². The maximum absolute atomic E-state index is 12.4. The van der Waals surface area contributed by atoms with E-state index in [1.807, 2.05) is 0 Å². The van der Waals surface area contributed by atoms with Gasteiger partial charge in [0.1, 0.15) is 11.5 Å². The van der Waals surface area contributed by atoms with Gasteiger partial charge in [0, 0.05) is 11.6 Å². The fourth-order valence-corrected chi connectivity index (χ4v) is 2.31. The molecule has 0 heterocycles. The van der Waals surface area contributed by atoms with Crippen LogP contribution < -0.4 is 4.74 Å². The number of carbonyl (C=O) groups is 3. The van der Waals surface area contributed by atoms with Crippen molar-refractivity contribution in [2.45, 2.75) is 20.2 Å². The van der Waals surface area contributed by atoms with E-state index in [9.17, 15) is 32.7 Å². The number of hydrogen-bond donors (Lipinski definition) is 1. The van der Waals surface area contributed by atoms with Crippen LogP contribution >= 0.6 is 0 Å². The van der Waals surface area contributed by atoms with E-state index < -0.39 is 47.2 Å². The zero-order chi connectivity index (χ0) is 21.5. The van der Waals surface area contributed by atoms with E-state index in [0.717, 1.165) is 36.4 Å². The van der Waals surface area contributed by atoms with Crippen molar-refractivity contribution in [1.29, 1.82) is 0 Å². The van der Waals surface area contributed by atoms with Gasteiger partial charge >= 0.3 is 12.3 Å². The molecule has 0 bridgehead atoms. The van der Waals surface area contributed by atoms with Gasteiger partial charge < -0.3 is 14.6 Å². The average Bonchev–Trinajstić information content (AvgIpc) is 2.59. The predicted octanol–water partition coefficient (Wildman–Crippen LogP) is 3.44. The Kier molecular flexibility index (Phi) is 7.97. The lowest BCUT2D eigenvalue weighted by molar-refractivity contribution is -0.274. The van der Waals surface area contributed by atoms with Gasteiger partial charge in [0.15, 0.2) is 11.6 Å². The Bertz CT molecular complexity index is 782. The maximum Gasteiger partial charge on any atom is 0.573 e. The van der Waals surface area contributed by atoms with Gasteiger partial charge in [-0.1, -0.05) is 13.5 Å². The molecular formula is C19H19F3O6. The Morgan fingerprint density at radius 2 is 1.89 bits per heavy atom. The van der Waals surface area contributed by atoms with Gasteiger partial charge in [-0.15, -0.1) is 13.2 Å². The Hall–Kier alpha value is -3.10. The summed E-state index contributed by atoms with van der Waals surface area (Å²) in [4.78, 5) is 36.3. The first-order chi connectivity index (χ1) is 13.0. The van der Waals surface area contributed by atoms with Crippen LogP contribution in [0.3, 0.4) is 0 Å². The van der Waals surface area contributed by atoms with Crippen molar-refractivity contribution in [3.63, 3.8) is 0 Å². The number of ether oxygens (including phenoxy) is 2. The van der Waals surface area contributed by atoms with E-state index in [-0.39, 0.29) is 12.2 Å². The van der Waals surface area contributed by atoms with Crippen LogP contribution in [-0.4, -0.2) is 35.6 Å². The molecule has 1 aromatic carbocycles. The third-order valence-corrected chi connectivity index (χ3v) is 3.64. The smallest absolute Gasteiger partial charge is 0.507 e. The van der Waals surface area contributed by atoms with E-state index in [1.54, 1.807) is 6.92 Å². The molecule has 0 saturated carbocycles. The second-order valence-corrected chi connectivity index (χ2v) is 5.63.